The van der Waals surface area contributed by atoms with Gasteiger partial charge in [0.25, 0.3) is 0 Å². The molecule has 0 amide bonds. The summed E-state index contributed by atoms with van der Waals surface area (Å²) in [7, 11) is 0. The average molecular weight is 295 g/mol. The van der Waals surface area contributed by atoms with Crippen LogP contribution < -0.4 is 5.32 Å². The SMILES string of the molecule is C(OCC1CO1)C1CO1.Oc1ccc(NCC2CO2)cc1. The highest BCUT2D eigenvalue weighted by atomic mass is 16.6. The van der Waals surface area contributed by atoms with Crippen LogP contribution in [0.1, 0.15) is 0 Å². The number of aromatic hydroxyl groups is 1. The van der Waals surface area contributed by atoms with Crippen LogP contribution in [0.2, 0.25) is 0 Å². The van der Waals surface area contributed by atoms with Crippen molar-refractivity contribution in [3.05, 3.63) is 24.3 Å². The molecule has 3 heterocycles. The van der Waals surface area contributed by atoms with Gasteiger partial charge >= 0.3 is 0 Å². The van der Waals surface area contributed by atoms with Crippen molar-refractivity contribution in [1.82, 2.24) is 0 Å². The van der Waals surface area contributed by atoms with Crippen LogP contribution in [0.15, 0.2) is 24.3 Å². The van der Waals surface area contributed by atoms with Crippen molar-refractivity contribution in [2.24, 2.45) is 0 Å². The van der Waals surface area contributed by atoms with Crippen molar-refractivity contribution in [3.8, 4) is 5.75 Å². The molecule has 3 fully saturated rings. The molecule has 0 aromatic heterocycles. The molecule has 3 aliphatic heterocycles. The van der Waals surface area contributed by atoms with Gasteiger partial charge in [-0.3, -0.25) is 0 Å². The van der Waals surface area contributed by atoms with E-state index in [1.807, 2.05) is 12.1 Å². The van der Waals surface area contributed by atoms with Gasteiger partial charge < -0.3 is 29.4 Å². The highest BCUT2D eigenvalue weighted by Gasteiger charge is 2.26. The lowest BCUT2D eigenvalue weighted by Gasteiger charge is -2.02. The van der Waals surface area contributed by atoms with Gasteiger partial charge in [-0.1, -0.05) is 0 Å². The number of hydrogen-bond acceptors (Lipinski definition) is 6. The van der Waals surface area contributed by atoms with Crippen molar-refractivity contribution in [2.45, 2.75) is 18.3 Å². The molecule has 1 aromatic carbocycles. The highest BCUT2D eigenvalue weighted by molar-refractivity contribution is 5.46. The fourth-order valence-corrected chi connectivity index (χ4v) is 1.66. The molecule has 0 spiro atoms. The Morgan fingerprint density at radius 2 is 1.48 bits per heavy atom. The van der Waals surface area contributed by atoms with E-state index in [-0.39, 0.29) is 0 Å². The third kappa shape index (κ3) is 6.31. The molecule has 3 unspecified atom stereocenters. The maximum atomic E-state index is 8.99. The van der Waals surface area contributed by atoms with Gasteiger partial charge in [-0.05, 0) is 24.3 Å². The van der Waals surface area contributed by atoms with E-state index < -0.39 is 0 Å². The van der Waals surface area contributed by atoms with Gasteiger partial charge in [0.05, 0.1) is 39.1 Å². The van der Waals surface area contributed by atoms with Crippen LogP contribution in [-0.2, 0) is 18.9 Å². The molecule has 2 N–H and O–H groups in total. The number of hydrogen-bond donors (Lipinski definition) is 2. The lowest BCUT2D eigenvalue weighted by atomic mass is 10.3. The Morgan fingerprint density at radius 1 is 0.952 bits per heavy atom. The molecule has 0 bridgehead atoms. The Labute approximate surface area is 124 Å². The number of phenols is 1. The van der Waals surface area contributed by atoms with E-state index in [4.69, 9.17) is 24.1 Å². The highest BCUT2D eigenvalue weighted by Crippen LogP contribution is 2.15. The molecule has 21 heavy (non-hydrogen) atoms. The van der Waals surface area contributed by atoms with Crippen LogP contribution in [0.3, 0.4) is 0 Å². The van der Waals surface area contributed by atoms with Crippen molar-refractivity contribution < 1.29 is 24.1 Å². The molecule has 0 aliphatic carbocycles. The zero-order valence-corrected chi connectivity index (χ0v) is 11.9. The van der Waals surface area contributed by atoms with E-state index in [1.165, 1.54) is 0 Å². The summed E-state index contributed by atoms with van der Waals surface area (Å²) in [5, 5.41) is 12.2. The van der Waals surface area contributed by atoms with Crippen molar-refractivity contribution in [1.29, 1.82) is 0 Å². The van der Waals surface area contributed by atoms with Crippen molar-refractivity contribution >= 4 is 5.69 Å². The predicted molar refractivity (Wildman–Crippen MR) is 76.6 cm³/mol. The molecule has 6 nitrogen and oxygen atoms in total. The number of nitrogens with one attached hydrogen (secondary N) is 1. The summed E-state index contributed by atoms with van der Waals surface area (Å²) < 4.78 is 20.2. The lowest BCUT2D eigenvalue weighted by Crippen LogP contribution is -2.06. The minimum atomic E-state index is 0.295. The molecule has 1 aromatic rings. The predicted octanol–water partition coefficient (Wildman–Crippen LogP) is 1.00. The van der Waals surface area contributed by atoms with Crippen molar-refractivity contribution in [2.75, 3.05) is 44.9 Å². The van der Waals surface area contributed by atoms with Crippen LogP contribution in [-0.4, -0.2) is 63.0 Å². The van der Waals surface area contributed by atoms with Gasteiger partial charge in [-0.25, -0.2) is 0 Å². The van der Waals surface area contributed by atoms with E-state index in [9.17, 15) is 0 Å². The number of anilines is 1. The maximum absolute atomic E-state index is 8.99. The van der Waals surface area contributed by atoms with Crippen LogP contribution >= 0.6 is 0 Å². The second kappa shape index (κ2) is 7.09. The smallest absolute Gasteiger partial charge is 0.115 e. The molecular formula is C15H21NO5. The Morgan fingerprint density at radius 3 is 1.95 bits per heavy atom. The number of epoxide rings is 3. The Bertz CT molecular complexity index is 414. The van der Waals surface area contributed by atoms with Gasteiger partial charge in [-0.2, -0.15) is 0 Å². The minimum Gasteiger partial charge on any atom is -0.508 e. The molecule has 0 radical (unpaired) electrons. The van der Waals surface area contributed by atoms with Gasteiger partial charge in [0, 0.05) is 12.2 Å². The second-order valence-corrected chi connectivity index (χ2v) is 5.33. The second-order valence-electron chi connectivity index (χ2n) is 5.33. The first kappa shape index (κ1) is 14.6. The van der Waals surface area contributed by atoms with Crippen LogP contribution in [0.25, 0.3) is 0 Å². The first-order chi connectivity index (χ1) is 10.3. The summed E-state index contributed by atoms with van der Waals surface area (Å²) in [5.41, 5.74) is 1.02. The molecule has 0 saturated carbocycles. The summed E-state index contributed by atoms with van der Waals surface area (Å²) in [6.07, 6.45) is 1.17. The number of benzene rings is 1. The first-order valence-corrected chi connectivity index (χ1v) is 7.25. The fourth-order valence-electron chi connectivity index (χ4n) is 1.66. The maximum Gasteiger partial charge on any atom is 0.115 e. The summed E-state index contributed by atoms with van der Waals surface area (Å²) in [6.45, 7) is 4.98. The molecule has 3 saturated heterocycles. The molecule has 4 rings (SSSR count). The zero-order chi connectivity index (χ0) is 14.5. The van der Waals surface area contributed by atoms with E-state index in [0.29, 0.717) is 24.1 Å². The van der Waals surface area contributed by atoms with Crippen molar-refractivity contribution in [3.63, 3.8) is 0 Å². The van der Waals surface area contributed by atoms with E-state index >= 15 is 0 Å². The normalized spacial score (nSPS) is 28.3. The number of ether oxygens (including phenoxy) is 4. The molecule has 3 atom stereocenters. The summed E-state index contributed by atoms with van der Waals surface area (Å²) >= 11 is 0. The minimum absolute atomic E-state index is 0.295. The van der Waals surface area contributed by atoms with E-state index in [2.05, 4.69) is 5.32 Å². The zero-order valence-electron chi connectivity index (χ0n) is 11.9. The van der Waals surface area contributed by atoms with E-state index in [1.54, 1.807) is 12.1 Å². The largest absolute Gasteiger partial charge is 0.508 e. The van der Waals surface area contributed by atoms with Gasteiger partial charge in [0.1, 0.15) is 18.0 Å². The average Bonchev–Trinajstić information content (AvgIpc) is 3.36. The quantitative estimate of drug-likeness (QED) is 0.577. The van der Waals surface area contributed by atoms with Gasteiger partial charge in [0.2, 0.25) is 0 Å². The molecule has 6 heteroatoms. The summed E-state index contributed by atoms with van der Waals surface area (Å²) in [4.78, 5) is 0. The van der Waals surface area contributed by atoms with Gasteiger partial charge in [0.15, 0.2) is 0 Å². The molecule has 3 aliphatic rings. The molecule has 116 valence electrons. The standard InChI is InChI=1S/C9H11NO2.C6H10O3/c11-8-3-1-7(2-4-8)10-5-9-6-12-9;1(5-3-8-5)7-2-6-4-9-6/h1-4,9-11H,5-6H2;5-6H,1-4H2. The van der Waals surface area contributed by atoms with E-state index in [0.717, 1.165) is 45.3 Å². The number of phenolic OH excluding ortho intramolecular Hbond substituents is 1. The van der Waals surface area contributed by atoms with Crippen LogP contribution in [0.4, 0.5) is 5.69 Å². The third-order valence-corrected chi connectivity index (χ3v) is 3.22. The number of rotatable bonds is 7. The monoisotopic (exact) mass is 295 g/mol. The third-order valence-electron chi connectivity index (χ3n) is 3.22. The summed E-state index contributed by atoms with van der Waals surface area (Å²) in [5.74, 6) is 0.295. The lowest BCUT2D eigenvalue weighted by molar-refractivity contribution is 0.102. The molecular weight excluding hydrogens is 274 g/mol. The first-order valence-electron chi connectivity index (χ1n) is 7.25. The Balaban J connectivity index is 0.000000131. The van der Waals surface area contributed by atoms with Gasteiger partial charge in [-0.15, -0.1) is 0 Å². The van der Waals surface area contributed by atoms with Crippen LogP contribution in [0, 0.1) is 0 Å². The summed E-state index contributed by atoms with van der Waals surface area (Å²) in [6, 6.07) is 7.02. The fraction of sp³-hybridized carbons (Fsp3) is 0.600. The van der Waals surface area contributed by atoms with Crippen LogP contribution in [0.5, 0.6) is 5.75 Å². The Kier molecular flexibility index (Phi) is 4.92. The topological polar surface area (TPSA) is 79.1 Å². The Hall–Kier alpha value is -1.34.